The SMILES string of the molecule is CC(C)(C)c1ccc2c(c1)N(Cc1ccc(C(=O)NCc3cccnc3)o1)C(=O)CO2. The third-order valence-corrected chi connectivity index (χ3v) is 5.14. The van der Waals surface area contributed by atoms with E-state index in [-0.39, 0.29) is 36.1 Å². The maximum absolute atomic E-state index is 12.6. The lowest BCUT2D eigenvalue weighted by Gasteiger charge is -2.30. The first-order valence-corrected chi connectivity index (χ1v) is 10.1. The predicted octanol–water partition coefficient (Wildman–Crippen LogP) is 3.83. The highest BCUT2D eigenvalue weighted by Gasteiger charge is 2.28. The number of pyridine rings is 1. The number of nitrogens with zero attached hydrogens (tertiary/aromatic N) is 2. The van der Waals surface area contributed by atoms with E-state index in [0.29, 0.717) is 23.7 Å². The topological polar surface area (TPSA) is 84.7 Å². The van der Waals surface area contributed by atoms with Gasteiger partial charge in [-0.3, -0.25) is 19.5 Å². The molecule has 0 fully saturated rings. The van der Waals surface area contributed by atoms with E-state index in [0.717, 1.165) is 11.1 Å². The summed E-state index contributed by atoms with van der Waals surface area (Å²) in [4.78, 5) is 30.7. The summed E-state index contributed by atoms with van der Waals surface area (Å²) in [5, 5.41) is 2.81. The zero-order chi connectivity index (χ0) is 22.0. The largest absolute Gasteiger partial charge is 0.482 e. The maximum atomic E-state index is 12.6. The van der Waals surface area contributed by atoms with Crippen molar-refractivity contribution in [3.63, 3.8) is 0 Å². The molecule has 1 N–H and O–H groups in total. The Labute approximate surface area is 181 Å². The van der Waals surface area contributed by atoms with E-state index in [1.54, 1.807) is 29.4 Å². The van der Waals surface area contributed by atoms with Crippen LogP contribution in [0.4, 0.5) is 5.69 Å². The van der Waals surface area contributed by atoms with Crippen LogP contribution in [0.5, 0.6) is 5.75 Å². The predicted molar refractivity (Wildman–Crippen MR) is 116 cm³/mol. The molecule has 2 aromatic heterocycles. The third kappa shape index (κ3) is 4.60. The fourth-order valence-electron chi connectivity index (χ4n) is 3.35. The number of aromatic nitrogens is 1. The molecule has 0 aliphatic carbocycles. The first kappa shape index (κ1) is 20.7. The van der Waals surface area contributed by atoms with E-state index >= 15 is 0 Å². The van der Waals surface area contributed by atoms with Gasteiger partial charge in [-0.25, -0.2) is 0 Å². The zero-order valence-electron chi connectivity index (χ0n) is 17.8. The number of carbonyl (C=O) groups is 2. The number of benzene rings is 1. The van der Waals surface area contributed by atoms with Crippen LogP contribution < -0.4 is 15.0 Å². The number of furan rings is 1. The van der Waals surface area contributed by atoms with Crippen molar-refractivity contribution in [2.75, 3.05) is 11.5 Å². The minimum absolute atomic E-state index is 0.0268. The van der Waals surface area contributed by atoms with Crippen molar-refractivity contribution >= 4 is 17.5 Å². The van der Waals surface area contributed by atoms with Gasteiger partial charge in [0, 0.05) is 18.9 Å². The summed E-state index contributed by atoms with van der Waals surface area (Å²) >= 11 is 0. The normalized spacial score (nSPS) is 13.5. The molecular weight excluding hydrogens is 394 g/mol. The molecule has 1 aromatic carbocycles. The van der Waals surface area contributed by atoms with Crippen LogP contribution in [0, 0.1) is 0 Å². The Morgan fingerprint density at radius 3 is 2.77 bits per heavy atom. The lowest BCUT2D eigenvalue weighted by Crippen LogP contribution is -2.38. The number of nitrogens with one attached hydrogen (secondary N) is 1. The molecule has 0 spiro atoms. The van der Waals surface area contributed by atoms with Crippen molar-refractivity contribution in [3.05, 3.63) is 77.5 Å². The second kappa shape index (κ2) is 8.26. The first-order chi connectivity index (χ1) is 14.8. The minimum atomic E-state index is -0.321. The highest BCUT2D eigenvalue weighted by molar-refractivity contribution is 5.98. The molecule has 0 bridgehead atoms. The number of ether oxygens (including phenoxy) is 1. The van der Waals surface area contributed by atoms with Crippen molar-refractivity contribution in [2.24, 2.45) is 0 Å². The van der Waals surface area contributed by atoms with Gasteiger partial charge in [-0.2, -0.15) is 0 Å². The van der Waals surface area contributed by atoms with E-state index in [9.17, 15) is 9.59 Å². The molecular formula is C24H25N3O4. The van der Waals surface area contributed by atoms with Crippen molar-refractivity contribution in [2.45, 2.75) is 39.3 Å². The molecule has 1 aliphatic rings. The molecule has 4 rings (SSSR count). The van der Waals surface area contributed by atoms with E-state index in [4.69, 9.17) is 9.15 Å². The molecule has 31 heavy (non-hydrogen) atoms. The zero-order valence-corrected chi connectivity index (χ0v) is 17.8. The van der Waals surface area contributed by atoms with Crippen molar-refractivity contribution < 1.29 is 18.7 Å². The Morgan fingerprint density at radius 1 is 1.19 bits per heavy atom. The third-order valence-electron chi connectivity index (χ3n) is 5.14. The number of fused-ring (bicyclic) bond motifs is 1. The van der Waals surface area contributed by atoms with Crippen LogP contribution >= 0.6 is 0 Å². The van der Waals surface area contributed by atoms with Crippen molar-refractivity contribution in [3.8, 4) is 5.75 Å². The summed E-state index contributed by atoms with van der Waals surface area (Å²) in [6.07, 6.45) is 3.38. The molecule has 0 unspecified atom stereocenters. The van der Waals surface area contributed by atoms with Gasteiger partial charge >= 0.3 is 0 Å². The smallest absolute Gasteiger partial charge is 0.287 e. The van der Waals surface area contributed by atoms with E-state index < -0.39 is 0 Å². The highest BCUT2D eigenvalue weighted by Crippen LogP contribution is 2.37. The van der Waals surface area contributed by atoms with Gasteiger partial charge in [-0.15, -0.1) is 0 Å². The molecule has 1 aliphatic heterocycles. The van der Waals surface area contributed by atoms with E-state index in [2.05, 4.69) is 31.1 Å². The van der Waals surface area contributed by atoms with E-state index in [1.165, 1.54) is 0 Å². The van der Waals surface area contributed by atoms with Gasteiger partial charge in [0.1, 0.15) is 11.5 Å². The summed E-state index contributed by atoms with van der Waals surface area (Å²) < 4.78 is 11.3. The van der Waals surface area contributed by atoms with Crippen LogP contribution in [-0.2, 0) is 23.3 Å². The number of rotatable bonds is 5. The van der Waals surface area contributed by atoms with Gasteiger partial charge in [0.15, 0.2) is 12.4 Å². The van der Waals surface area contributed by atoms with Crippen LogP contribution in [0.1, 0.15) is 48.2 Å². The lowest BCUT2D eigenvalue weighted by atomic mass is 9.86. The fraction of sp³-hybridized carbons (Fsp3) is 0.292. The van der Waals surface area contributed by atoms with E-state index in [1.807, 2.05) is 30.3 Å². The molecule has 3 aromatic rings. The van der Waals surface area contributed by atoms with Crippen molar-refractivity contribution in [1.82, 2.24) is 10.3 Å². The highest BCUT2D eigenvalue weighted by atomic mass is 16.5. The molecule has 160 valence electrons. The Hall–Kier alpha value is -3.61. The Balaban J connectivity index is 1.49. The molecule has 0 atom stereocenters. The number of carbonyl (C=O) groups excluding carboxylic acids is 2. The van der Waals surface area contributed by atoms with Crippen LogP contribution in [0.3, 0.4) is 0 Å². The van der Waals surface area contributed by atoms with Crippen LogP contribution in [-0.4, -0.2) is 23.4 Å². The molecule has 0 saturated heterocycles. The monoisotopic (exact) mass is 419 g/mol. The summed E-state index contributed by atoms with van der Waals surface area (Å²) in [5.41, 5.74) is 2.64. The summed E-state index contributed by atoms with van der Waals surface area (Å²) in [7, 11) is 0. The van der Waals surface area contributed by atoms with Gasteiger partial charge in [-0.05, 0) is 46.9 Å². The average molecular weight is 419 g/mol. The Kier molecular flexibility index (Phi) is 5.50. The average Bonchev–Trinajstić information content (AvgIpc) is 3.22. The minimum Gasteiger partial charge on any atom is -0.482 e. The lowest BCUT2D eigenvalue weighted by molar-refractivity contribution is -0.121. The van der Waals surface area contributed by atoms with Gasteiger partial charge in [0.25, 0.3) is 11.8 Å². The van der Waals surface area contributed by atoms with Crippen molar-refractivity contribution in [1.29, 1.82) is 0 Å². The van der Waals surface area contributed by atoms with Crippen LogP contribution in [0.15, 0.2) is 59.3 Å². The summed E-state index contributed by atoms with van der Waals surface area (Å²) in [6, 6.07) is 12.9. The van der Waals surface area contributed by atoms with Gasteiger partial charge in [0.2, 0.25) is 0 Å². The Morgan fingerprint density at radius 2 is 2.03 bits per heavy atom. The molecule has 0 radical (unpaired) electrons. The van der Waals surface area contributed by atoms with Crippen LogP contribution in [0.25, 0.3) is 0 Å². The van der Waals surface area contributed by atoms with Crippen LogP contribution in [0.2, 0.25) is 0 Å². The quantitative estimate of drug-likeness (QED) is 0.679. The fourth-order valence-corrected chi connectivity index (χ4v) is 3.35. The second-order valence-electron chi connectivity index (χ2n) is 8.51. The molecule has 0 saturated carbocycles. The van der Waals surface area contributed by atoms with Gasteiger partial charge in [0.05, 0.1) is 12.2 Å². The second-order valence-corrected chi connectivity index (χ2v) is 8.51. The Bertz CT molecular complexity index is 1100. The summed E-state index contributed by atoms with van der Waals surface area (Å²) in [5.74, 6) is 0.905. The number of hydrogen-bond donors (Lipinski definition) is 1. The number of hydrogen-bond acceptors (Lipinski definition) is 5. The molecule has 2 amide bonds. The van der Waals surface area contributed by atoms with Gasteiger partial charge in [-0.1, -0.05) is 32.9 Å². The molecule has 7 heteroatoms. The number of amides is 2. The standard InChI is InChI=1S/C24H25N3O4/c1-24(2,3)17-6-8-20-19(11-17)27(22(28)15-30-20)14-18-7-9-21(31-18)23(29)26-13-16-5-4-10-25-12-16/h4-12H,13-15H2,1-3H3,(H,26,29). The molecule has 7 nitrogen and oxygen atoms in total. The maximum Gasteiger partial charge on any atom is 0.287 e. The first-order valence-electron chi connectivity index (χ1n) is 10.1. The summed E-state index contributed by atoms with van der Waals surface area (Å²) in [6.45, 7) is 6.90. The number of anilines is 1. The molecule has 3 heterocycles. The van der Waals surface area contributed by atoms with Gasteiger partial charge < -0.3 is 14.5 Å².